The Bertz CT molecular complexity index is 327. The molecule has 0 aliphatic heterocycles. The van der Waals surface area contributed by atoms with Gasteiger partial charge in [0.25, 0.3) is 0 Å². The SMILES string of the molecule is CC(C)CC[C@H](N)c1cc(Cl)ccc1N.Cl. The van der Waals surface area contributed by atoms with Crippen LogP contribution in [0.2, 0.25) is 5.02 Å². The summed E-state index contributed by atoms with van der Waals surface area (Å²) in [6.45, 7) is 4.38. The lowest BCUT2D eigenvalue weighted by Gasteiger charge is -2.15. The van der Waals surface area contributed by atoms with Gasteiger partial charge in [0.2, 0.25) is 0 Å². The van der Waals surface area contributed by atoms with Crippen molar-refractivity contribution in [3.05, 3.63) is 28.8 Å². The molecule has 0 bridgehead atoms. The molecule has 4 N–H and O–H groups in total. The average molecular weight is 263 g/mol. The normalized spacial score (nSPS) is 12.3. The van der Waals surface area contributed by atoms with Gasteiger partial charge in [-0.2, -0.15) is 0 Å². The van der Waals surface area contributed by atoms with Gasteiger partial charge in [-0.05, 0) is 42.5 Å². The van der Waals surface area contributed by atoms with E-state index in [-0.39, 0.29) is 18.4 Å². The van der Waals surface area contributed by atoms with Gasteiger partial charge in [-0.3, -0.25) is 0 Å². The van der Waals surface area contributed by atoms with Gasteiger partial charge >= 0.3 is 0 Å². The molecule has 0 amide bonds. The van der Waals surface area contributed by atoms with E-state index in [1.165, 1.54) is 0 Å². The fourth-order valence-electron chi connectivity index (χ4n) is 1.54. The van der Waals surface area contributed by atoms with Gasteiger partial charge < -0.3 is 11.5 Å². The van der Waals surface area contributed by atoms with E-state index in [0.29, 0.717) is 10.9 Å². The first-order valence-electron chi connectivity index (χ1n) is 5.31. The van der Waals surface area contributed by atoms with Gasteiger partial charge in [0, 0.05) is 16.8 Å². The Morgan fingerprint density at radius 3 is 2.44 bits per heavy atom. The molecule has 1 atom stereocenters. The van der Waals surface area contributed by atoms with Crippen LogP contribution >= 0.6 is 24.0 Å². The maximum Gasteiger partial charge on any atom is 0.0410 e. The highest BCUT2D eigenvalue weighted by Crippen LogP contribution is 2.26. The summed E-state index contributed by atoms with van der Waals surface area (Å²) in [5, 5.41) is 0.694. The Labute approximate surface area is 109 Å². The van der Waals surface area contributed by atoms with E-state index in [4.69, 9.17) is 23.1 Å². The Balaban J connectivity index is 0.00000225. The molecule has 0 heterocycles. The van der Waals surface area contributed by atoms with Crippen molar-refractivity contribution in [2.24, 2.45) is 11.7 Å². The summed E-state index contributed by atoms with van der Waals surface area (Å²) < 4.78 is 0. The zero-order valence-corrected chi connectivity index (χ0v) is 11.3. The first kappa shape index (κ1) is 15.6. The number of nitrogens with two attached hydrogens (primary N) is 2. The highest BCUT2D eigenvalue weighted by Gasteiger charge is 2.10. The zero-order valence-electron chi connectivity index (χ0n) is 9.74. The number of hydrogen-bond donors (Lipinski definition) is 2. The highest BCUT2D eigenvalue weighted by atomic mass is 35.5. The topological polar surface area (TPSA) is 52.0 Å². The summed E-state index contributed by atoms with van der Waals surface area (Å²) in [7, 11) is 0. The third kappa shape index (κ3) is 4.60. The molecule has 0 aromatic heterocycles. The van der Waals surface area contributed by atoms with Gasteiger partial charge in [0.05, 0.1) is 0 Å². The van der Waals surface area contributed by atoms with E-state index < -0.39 is 0 Å². The minimum atomic E-state index is -0.00824. The van der Waals surface area contributed by atoms with E-state index in [1.807, 2.05) is 12.1 Å². The first-order chi connectivity index (χ1) is 7.00. The van der Waals surface area contributed by atoms with Crippen LogP contribution in [0.3, 0.4) is 0 Å². The zero-order chi connectivity index (χ0) is 11.4. The second-order valence-electron chi connectivity index (χ2n) is 4.35. The smallest absolute Gasteiger partial charge is 0.0410 e. The van der Waals surface area contributed by atoms with E-state index in [1.54, 1.807) is 6.07 Å². The number of hydrogen-bond acceptors (Lipinski definition) is 2. The molecular formula is C12H20Cl2N2. The molecule has 1 aromatic carbocycles. The summed E-state index contributed by atoms with van der Waals surface area (Å²) in [5.41, 5.74) is 13.6. The van der Waals surface area contributed by atoms with Gasteiger partial charge in [0.15, 0.2) is 0 Å². The summed E-state index contributed by atoms with van der Waals surface area (Å²) in [6, 6.07) is 5.45. The second kappa shape index (κ2) is 7.00. The van der Waals surface area contributed by atoms with E-state index in [2.05, 4.69) is 13.8 Å². The maximum absolute atomic E-state index is 6.07. The molecule has 0 aliphatic rings. The maximum atomic E-state index is 6.07. The lowest BCUT2D eigenvalue weighted by Crippen LogP contribution is -2.13. The number of anilines is 1. The molecule has 0 aliphatic carbocycles. The largest absolute Gasteiger partial charge is 0.398 e. The van der Waals surface area contributed by atoms with Crippen molar-refractivity contribution >= 4 is 29.7 Å². The van der Waals surface area contributed by atoms with Crippen molar-refractivity contribution in [2.45, 2.75) is 32.7 Å². The molecule has 16 heavy (non-hydrogen) atoms. The molecule has 0 unspecified atom stereocenters. The molecule has 0 saturated heterocycles. The van der Waals surface area contributed by atoms with Gasteiger partial charge in [-0.15, -0.1) is 12.4 Å². The van der Waals surface area contributed by atoms with Crippen LogP contribution in [-0.4, -0.2) is 0 Å². The summed E-state index contributed by atoms with van der Waals surface area (Å²) in [4.78, 5) is 0. The van der Waals surface area contributed by atoms with Crippen molar-refractivity contribution in [3.63, 3.8) is 0 Å². The summed E-state index contributed by atoms with van der Waals surface area (Å²) in [6.07, 6.45) is 2.05. The van der Waals surface area contributed by atoms with Crippen LogP contribution in [0, 0.1) is 5.92 Å². The van der Waals surface area contributed by atoms with Crippen molar-refractivity contribution in [3.8, 4) is 0 Å². The summed E-state index contributed by atoms with van der Waals surface area (Å²) in [5.74, 6) is 0.663. The molecule has 1 aromatic rings. The lowest BCUT2D eigenvalue weighted by molar-refractivity contribution is 0.508. The molecule has 1 rings (SSSR count). The number of benzene rings is 1. The van der Waals surface area contributed by atoms with E-state index >= 15 is 0 Å². The molecule has 4 heteroatoms. The predicted octanol–water partition coefficient (Wildman–Crippen LogP) is 3.78. The van der Waals surface area contributed by atoms with Crippen molar-refractivity contribution < 1.29 is 0 Å². The Morgan fingerprint density at radius 2 is 1.88 bits per heavy atom. The molecule has 0 saturated carbocycles. The summed E-state index contributed by atoms with van der Waals surface area (Å²) >= 11 is 5.91. The van der Waals surface area contributed by atoms with Gasteiger partial charge in [0.1, 0.15) is 0 Å². The Morgan fingerprint density at radius 1 is 1.25 bits per heavy atom. The minimum Gasteiger partial charge on any atom is -0.398 e. The molecule has 2 nitrogen and oxygen atoms in total. The molecule has 0 radical (unpaired) electrons. The first-order valence-corrected chi connectivity index (χ1v) is 5.69. The number of rotatable bonds is 4. The standard InChI is InChI=1S/C12H19ClN2.ClH/c1-8(2)3-5-11(14)10-7-9(13)4-6-12(10)15;/h4,6-8,11H,3,5,14-15H2,1-2H3;1H/t11-;/m0./s1. The fraction of sp³-hybridized carbons (Fsp3) is 0.500. The van der Waals surface area contributed by atoms with Crippen LogP contribution in [-0.2, 0) is 0 Å². The van der Waals surface area contributed by atoms with Crippen molar-refractivity contribution in [1.82, 2.24) is 0 Å². The van der Waals surface area contributed by atoms with E-state index in [0.717, 1.165) is 24.1 Å². The molecule has 92 valence electrons. The van der Waals surface area contributed by atoms with Crippen LogP contribution in [0.15, 0.2) is 18.2 Å². The lowest BCUT2D eigenvalue weighted by atomic mass is 9.97. The molecule has 0 spiro atoms. The molecule has 0 fully saturated rings. The van der Waals surface area contributed by atoms with Crippen molar-refractivity contribution in [1.29, 1.82) is 0 Å². The second-order valence-corrected chi connectivity index (χ2v) is 4.79. The highest BCUT2D eigenvalue weighted by molar-refractivity contribution is 6.30. The quantitative estimate of drug-likeness (QED) is 0.812. The van der Waals surface area contributed by atoms with Crippen molar-refractivity contribution in [2.75, 3.05) is 5.73 Å². The third-order valence-electron chi connectivity index (χ3n) is 2.50. The van der Waals surface area contributed by atoms with E-state index in [9.17, 15) is 0 Å². The average Bonchev–Trinajstić information content (AvgIpc) is 2.18. The van der Waals surface area contributed by atoms with Crippen LogP contribution in [0.25, 0.3) is 0 Å². The van der Waals surface area contributed by atoms with Crippen LogP contribution < -0.4 is 11.5 Å². The predicted molar refractivity (Wildman–Crippen MR) is 74.1 cm³/mol. The third-order valence-corrected chi connectivity index (χ3v) is 2.74. The number of halogens is 2. The van der Waals surface area contributed by atoms with Gasteiger partial charge in [-0.1, -0.05) is 25.4 Å². The van der Waals surface area contributed by atoms with Gasteiger partial charge in [-0.25, -0.2) is 0 Å². The molecular weight excluding hydrogens is 243 g/mol. The Hall–Kier alpha value is -0.440. The number of nitrogen functional groups attached to an aromatic ring is 1. The monoisotopic (exact) mass is 262 g/mol. The Kier molecular flexibility index (Phi) is 6.81. The van der Waals surface area contributed by atoms with Crippen LogP contribution in [0.1, 0.15) is 38.3 Å². The van der Waals surface area contributed by atoms with Crippen LogP contribution in [0.5, 0.6) is 0 Å². The minimum absolute atomic E-state index is 0. The van der Waals surface area contributed by atoms with Crippen LogP contribution in [0.4, 0.5) is 5.69 Å². The fourth-order valence-corrected chi connectivity index (χ4v) is 1.72.